The zero-order valence-corrected chi connectivity index (χ0v) is 12.8. The van der Waals surface area contributed by atoms with Gasteiger partial charge in [-0.05, 0) is 44.0 Å². The van der Waals surface area contributed by atoms with E-state index >= 15 is 0 Å². The fraction of sp³-hybridized carbons (Fsp3) is 0.500. The number of nitrogens with zero attached hydrogens (tertiary/aromatic N) is 1. The molecule has 2 N–H and O–H groups in total. The lowest BCUT2D eigenvalue weighted by molar-refractivity contribution is -0.120. The third kappa shape index (κ3) is 3.55. The molecule has 5 heteroatoms. The predicted octanol–water partition coefficient (Wildman–Crippen LogP) is 2.15. The molecule has 104 valence electrons. The zero-order valence-electron chi connectivity index (χ0n) is 11.2. The molecule has 1 aromatic carbocycles. The summed E-state index contributed by atoms with van der Waals surface area (Å²) in [6, 6.07) is 5.52. The van der Waals surface area contributed by atoms with Gasteiger partial charge in [0.1, 0.15) is 0 Å². The lowest BCUT2D eigenvalue weighted by Crippen LogP contribution is -2.41. The summed E-state index contributed by atoms with van der Waals surface area (Å²) >= 11 is 3.44. The fourth-order valence-electron chi connectivity index (χ4n) is 2.25. The van der Waals surface area contributed by atoms with E-state index in [4.69, 9.17) is 0 Å². The fourth-order valence-corrected chi connectivity index (χ4v) is 2.50. The average Bonchev–Trinajstić information content (AvgIpc) is 2.79. The smallest absolute Gasteiger partial charge is 0.241 e. The number of aliphatic hydroxyl groups is 1. The highest BCUT2D eigenvalue weighted by Crippen LogP contribution is 2.21. The van der Waals surface area contributed by atoms with Crippen LogP contribution in [0.25, 0.3) is 0 Å². The molecule has 0 aliphatic carbocycles. The van der Waals surface area contributed by atoms with E-state index in [1.165, 1.54) is 0 Å². The summed E-state index contributed by atoms with van der Waals surface area (Å²) in [5, 5.41) is 12.4. The molecule has 19 heavy (non-hydrogen) atoms. The number of benzene rings is 1. The number of carbonyl (C=O) groups is 1. The van der Waals surface area contributed by atoms with Crippen LogP contribution in [0.4, 0.5) is 5.69 Å². The van der Waals surface area contributed by atoms with Crippen molar-refractivity contribution in [2.24, 2.45) is 0 Å². The molecular weight excluding hydrogens is 308 g/mol. The van der Waals surface area contributed by atoms with Gasteiger partial charge in [-0.2, -0.15) is 0 Å². The third-order valence-corrected chi connectivity index (χ3v) is 4.44. The Morgan fingerprint density at radius 1 is 1.58 bits per heavy atom. The molecular formula is C14H19BrN2O2. The van der Waals surface area contributed by atoms with Crippen LogP contribution in [0.15, 0.2) is 22.7 Å². The lowest BCUT2D eigenvalue weighted by Gasteiger charge is -2.23. The van der Waals surface area contributed by atoms with Crippen molar-refractivity contribution >= 4 is 27.5 Å². The molecule has 1 heterocycles. The minimum Gasteiger partial charge on any atom is -0.392 e. The maximum Gasteiger partial charge on any atom is 0.241 e. The maximum absolute atomic E-state index is 12.2. The standard InChI is InChI=1S/C14H19BrN2O2/c1-9-7-11(3-4-13(9)15)16-14(19)10(2)17-6-5-12(18)8-17/h3-4,7,10,12,18H,5-6,8H2,1-2H3,(H,16,19)/t10?,12-/m0/s1. The first-order valence-electron chi connectivity index (χ1n) is 6.46. The molecule has 4 nitrogen and oxygen atoms in total. The molecule has 0 aromatic heterocycles. The number of likely N-dealkylation sites (tertiary alicyclic amines) is 1. The Morgan fingerprint density at radius 3 is 2.89 bits per heavy atom. The summed E-state index contributed by atoms with van der Waals surface area (Å²) in [7, 11) is 0. The highest BCUT2D eigenvalue weighted by molar-refractivity contribution is 9.10. The molecule has 2 rings (SSSR count). The van der Waals surface area contributed by atoms with Crippen LogP contribution in [0.1, 0.15) is 18.9 Å². The lowest BCUT2D eigenvalue weighted by atomic mass is 10.2. The third-order valence-electron chi connectivity index (χ3n) is 3.55. The summed E-state index contributed by atoms with van der Waals surface area (Å²) < 4.78 is 1.03. The zero-order chi connectivity index (χ0) is 14.0. The first-order chi connectivity index (χ1) is 8.97. The van der Waals surface area contributed by atoms with Crippen molar-refractivity contribution in [3.05, 3.63) is 28.2 Å². The second-order valence-corrected chi connectivity index (χ2v) is 5.92. The summed E-state index contributed by atoms with van der Waals surface area (Å²) in [5.74, 6) is -0.0316. The van der Waals surface area contributed by atoms with Gasteiger partial charge in [0.25, 0.3) is 0 Å². The van der Waals surface area contributed by atoms with E-state index in [-0.39, 0.29) is 18.1 Å². The molecule has 0 bridgehead atoms. The van der Waals surface area contributed by atoms with Crippen LogP contribution in [0, 0.1) is 6.92 Å². The minimum absolute atomic E-state index is 0.0316. The normalized spacial score (nSPS) is 21.4. The number of β-amino-alcohol motifs (C(OH)–C–C–N with tert-alkyl or cyclic N) is 1. The Kier molecular flexibility index (Phi) is 4.60. The van der Waals surface area contributed by atoms with Crippen molar-refractivity contribution in [3.63, 3.8) is 0 Å². The number of amides is 1. The maximum atomic E-state index is 12.2. The highest BCUT2D eigenvalue weighted by Gasteiger charge is 2.28. The van der Waals surface area contributed by atoms with Gasteiger partial charge in [-0.25, -0.2) is 0 Å². The molecule has 0 saturated carbocycles. The Hall–Kier alpha value is -0.910. The van der Waals surface area contributed by atoms with Gasteiger partial charge >= 0.3 is 0 Å². The topological polar surface area (TPSA) is 52.6 Å². The van der Waals surface area contributed by atoms with Gasteiger partial charge in [0.05, 0.1) is 12.1 Å². The van der Waals surface area contributed by atoms with E-state index in [1.807, 2.05) is 36.9 Å². The predicted molar refractivity (Wildman–Crippen MR) is 79.2 cm³/mol. The Morgan fingerprint density at radius 2 is 2.32 bits per heavy atom. The second-order valence-electron chi connectivity index (χ2n) is 5.07. The number of aryl methyl sites for hydroxylation is 1. The number of rotatable bonds is 3. The van der Waals surface area contributed by atoms with Gasteiger partial charge in [0.2, 0.25) is 5.91 Å². The Balaban J connectivity index is 1.98. The number of halogens is 1. The number of aliphatic hydroxyl groups excluding tert-OH is 1. The molecule has 1 unspecified atom stereocenters. The van der Waals surface area contributed by atoms with Crippen molar-refractivity contribution in [2.75, 3.05) is 18.4 Å². The van der Waals surface area contributed by atoms with Gasteiger partial charge in [0.15, 0.2) is 0 Å². The van der Waals surface area contributed by atoms with Crippen molar-refractivity contribution in [1.29, 1.82) is 0 Å². The van der Waals surface area contributed by atoms with Crippen molar-refractivity contribution in [3.8, 4) is 0 Å². The monoisotopic (exact) mass is 326 g/mol. The van der Waals surface area contributed by atoms with E-state index in [0.29, 0.717) is 6.54 Å². The largest absolute Gasteiger partial charge is 0.392 e. The molecule has 1 amide bonds. The van der Waals surface area contributed by atoms with Gasteiger partial charge in [-0.3, -0.25) is 9.69 Å². The Labute approximate surface area is 121 Å². The SMILES string of the molecule is Cc1cc(NC(=O)C(C)N2CC[C@H](O)C2)ccc1Br. The first kappa shape index (κ1) is 14.5. The summed E-state index contributed by atoms with van der Waals surface area (Å²) in [6.07, 6.45) is 0.444. The van der Waals surface area contributed by atoms with Crippen LogP contribution in [0.2, 0.25) is 0 Å². The van der Waals surface area contributed by atoms with Gasteiger partial charge in [-0.15, -0.1) is 0 Å². The average molecular weight is 327 g/mol. The van der Waals surface area contributed by atoms with Gasteiger partial charge in [-0.1, -0.05) is 15.9 Å². The highest BCUT2D eigenvalue weighted by atomic mass is 79.9. The number of hydrogen-bond donors (Lipinski definition) is 2. The van der Waals surface area contributed by atoms with Crippen LogP contribution in [-0.4, -0.2) is 41.1 Å². The molecule has 2 atom stereocenters. The molecule has 1 aliphatic heterocycles. The molecule has 1 saturated heterocycles. The number of anilines is 1. The van der Waals surface area contributed by atoms with Crippen molar-refractivity contribution in [1.82, 2.24) is 4.90 Å². The van der Waals surface area contributed by atoms with Crippen LogP contribution in [-0.2, 0) is 4.79 Å². The van der Waals surface area contributed by atoms with Crippen LogP contribution >= 0.6 is 15.9 Å². The van der Waals surface area contributed by atoms with E-state index < -0.39 is 0 Å². The van der Waals surface area contributed by atoms with Gasteiger partial charge < -0.3 is 10.4 Å². The van der Waals surface area contributed by atoms with Crippen LogP contribution in [0.5, 0.6) is 0 Å². The molecule has 0 spiro atoms. The van der Waals surface area contributed by atoms with Gasteiger partial charge in [0, 0.05) is 23.2 Å². The van der Waals surface area contributed by atoms with Crippen molar-refractivity contribution in [2.45, 2.75) is 32.4 Å². The molecule has 1 aromatic rings. The molecule has 1 fully saturated rings. The summed E-state index contributed by atoms with van der Waals surface area (Å²) in [5.41, 5.74) is 1.89. The number of carbonyl (C=O) groups excluding carboxylic acids is 1. The number of hydrogen-bond acceptors (Lipinski definition) is 3. The minimum atomic E-state index is -0.301. The molecule has 0 radical (unpaired) electrons. The van der Waals surface area contributed by atoms with Crippen molar-refractivity contribution < 1.29 is 9.90 Å². The number of nitrogens with one attached hydrogen (secondary N) is 1. The van der Waals surface area contributed by atoms with E-state index in [0.717, 1.165) is 28.7 Å². The Bertz CT molecular complexity index is 479. The molecule has 1 aliphatic rings. The quantitative estimate of drug-likeness (QED) is 0.894. The van der Waals surface area contributed by atoms with Crippen LogP contribution in [0.3, 0.4) is 0 Å². The van der Waals surface area contributed by atoms with E-state index in [2.05, 4.69) is 21.2 Å². The summed E-state index contributed by atoms with van der Waals surface area (Å²) in [4.78, 5) is 14.2. The van der Waals surface area contributed by atoms with E-state index in [9.17, 15) is 9.90 Å². The second kappa shape index (κ2) is 6.03. The summed E-state index contributed by atoms with van der Waals surface area (Å²) in [6.45, 7) is 5.21. The van der Waals surface area contributed by atoms with E-state index in [1.54, 1.807) is 0 Å². The first-order valence-corrected chi connectivity index (χ1v) is 7.26. The van der Waals surface area contributed by atoms with Crippen LogP contribution < -0.4 is 5.32 Å².